The Bertz CT molecular complexity index is 542. The molecule has 0 N–H and O–H groups in total. The molecule has 1 nitrogen and oxygen atoms in total. The molecule has 0 unspecified atom stereocenters. The van der Waals surface area contributed by atoms with Gasteiger partial charge in [0, 0.05) is 9.35 Å². The van der Waals surface area contributed by atoms with Crippen LogP contribution in [0.1, 0.15) is 4.88 Å². The van der Waals surface area contributed by atoms with E-state index in [-0.39, 0.29) is 5.82 Å². The third-order valence-corrected chi connectivity index (χ3v) is 3.87. The molecule has 0 amide bonds. The molecule has 0 aliphatic rings. The van der Waals surface area contributed by atoms with Crippen LogP contribution in [0.5, 0.6) is 0 Å². The van der Waals surface area contributed by atoms with Gasteiger partial charge in [0.05, 0.1) is 0 Å². The molecule has 15 heavy (non-hydrogen) atoms. The fraction of sp³-hybridized carbons (Fsp3) is 0. The highest BCUT2D eigenvalue weighted by Gasteiger charge is 2.08. The van der Waals surface area contributed by atoms with Crippen LogP contribution in [0.15, 0.2) is 34.8 Å². The highest BCUT2D eigenvalue weighted by Crippen LogP contribution is 2.34. The van der Waals surface area contributed by atoms with Crippen LogP contribution in [0.4, 0.5) is 4.39 Å². The van der Waals surface area contributed by atoms with E-state index in [0.717, 1.165) is 14.9 Å². The molecule has 4 heteroatoms. The lowest BCUT2D eigenvalue weighted by atomic mass is 10.2. The van der Waals surface area contributed by atoms with Crippen LogP contribution in [0.25, 0.3) is 10.4 Å². The Balaban J connectivity index is 2.51. The molecular weight excluding hydrogens is 277 g/mol. The van der Waals surface area contributed by atoms with E-state index in [2.05, 4.69) is 22.0 Å². The zero-order valence-corrected chi connectivity index (χ0v) is 9.90. The van der Waals surface area contributed by atoms with Crippen molar-refractivity contribution in [1.82, 2.24) is 0 Å². The van der Waals surface area contributed by atoms with Crippen molar-refractivity contribution in [2.24, 2.45) is 0 Å². The number of thiophene rings is 1. The highest BCUT2D eigenvalue weighted by molar-refractivity contribution is 9.10. The van der Waals surface area contributed by atoms with Crippen molar-refractivity contribution in [3.05, 3.63) is 45.5 Å². The Kier molecular flexibility index (Phi) is 2.85. The summed E-state index contributed by atoms with van der Waals surface area (Å²) in [6.45, 7) is 0. The van der Waals surface area contributed by atoms with Crippen LogP contribution in [0.2, 0.25) is 0 Å². The maximum atomic E-state index is 13.0. The van der Waals surface area contributed by atoms with Gasteiger partial charge in [-0.15, -0.1) is 11.3 Å². The van der Waals surface area contributed by atoms with Crippen molar-refractivity contribution in [2.75, 3.05) is 0 Å². The summed E-state index contributed by atoms with van der Waals surface area (Å²) < 4.78 is 13.7. The number of rotatable bonds is 1. The van der Waals surface area contributed by atoms with Crippen molar-refractivity contribution in [3.8, 4) is 16.5 Å². The van der Waals surface area contributed by atoms with E-state index >= 15 is 0 Å². The third kappa shape index (κ3) is 2.09. The number of hydrogen-bond acceptors (Lipinski definition) is 2. The normalized spacial score (nSPS) is 9.93. The molecule has 0 aliphatic carbocycles. The molecule has 0 fully saturated rings. The first-order valence-corrected chi connectivity index (χ1v) is 5.77. The van der Waals surface area contributed by atoms with Crippen LogP contribution in [0.3, 0.4) is 0 Å². The predicted molar refractivity (Wildman–Crippen MR) is 62.1 cm³/mol. The number of nitriles is 1. The molecule has 1 aromatic carbocycles. The summed E-state index contributed by atoms with van der Waals surface area (Å²) in [5, 5.41) is 8.79. The van der Waals surface area contributed by atoms with Crippen LogP contribution >= 0.6 is 27.3 Å². The Morgan fingerprint density at radius 1 is 1.33 bits per heavy atom. The first-order chi connectivity index (χ1) is 7.20. The maximum Gasteiger partial charge on any atom is 0.123 e. The quantitative estimate of drug-likeness (QED) is 0.769. The van der Waals surface area contributed by atoms with E-state index in [1.807, 2.05) is 12.1 Å². The minimum atomic E-state index is -0.268. The van der Waals surface area contributed by atoms with E-state index in [9.17, 15) is 4.39 Å². The maximum absolute atomic E-state index is 13.0. The van der Waals surface area contributed by atoms with Crippen molar-refractivity contribution in [3.63, 3.8) is 0 Å². The zero-order valence-electron chi connectivity index (χ0n) is 7.50. The van der Waals surface area contributed by atoms with Gasteiger partial charge < -0.3 is 0 Å². The molecule has 0 saturated heterocycles. The molecule has 1 heterocycles. The summed E-state index contributed by atoms with van der Waals surface area (Å²) in [5.74, 6) is -0.268. The van der Waals surface area contributed by atoms with Gasteiger partial charge in [0.2, 0.25) is 0 Å². The summed E-state index contributed by atoms with van der Waals surface area (Å²) in [6.07, 6.45) is 0. The number of halogens is 2. The SMILES string of the molecule is N#Cc1sc(-c2cccc(F)c2)cc1Br. The van der Waals surface area contributed by atoms with Gasteiger partial charge in [-0.3, -0.25) is 0 Å². The van der Waals surface area contributed by atoms with E-state index < -0.39 is 0 Å². The molecule has 0 spiro atoms. The van der Waals surface area contributed by atoms with Gasteiger partial charge in [0.1, 0.15) is 16.8 Å². The van der Waals surface area contributed by atoms with Crippen molar-refractivity contribution < 1.29 is 4.39 Å². The van der Waals surface area contributed by atoms with Gasteiger partial charge in [-0.1, -0.05) is 12.1 Å². The average Bonchev–Trinajstić information content (AvgIpc) is 2.60. The molecule has 2 aromatic rings. The van der Waals surface area contributed by atoms with Gasteiger partial charge in [-0.05, 0) is 39.7 Å². The number of benzene rings is 1. The smallest absolute Gasteiger partial charge is 0.123 e. The Hall–Kier alpha value is -1.18. The molecule has 0 bridgehead atoms. The molecule has 0 saturated carbocycles. The molecule has 0 aliphatic heterocycles. The summed E-state index contributed by atoms with van der Waals surface area (Å²) in [6, 6.07) is 10.2. The molecule has 1 aromatic heterocycles. The zero-order chi connectivity index (χ0) is 10.8. The van der Waals surface area contributed by atoms with E-state index in [1.165, 1.54) is 23.5 Å². The number of nitrogens with zero attached hydrogens (tertiary/aromatic N) is 1. The minimum absolute atomic E-state index is 0.268. The predicted octanol–water partition coefficient (Wildman–Crippen LogP) is 4.19. The van der Waals surface area contributed by atoms with Gasteiger partial charge in [-0.2, -0.15) is 5.26 Å². The lowest BCUT2D eigenvalue weighted by Gasteiger charge is -1.95. The van der Waals surface area contributed by atoms with Crippen LogP contribution in [-0.2, 0) is 0 Å². The van der Waals surface area contributed by atoms with Crippen LogP contribution in [-0.4, -0.2) is 0 Å². The van der Waals surface area contributed by atoms with Gasteiger partial charge >= 0.3 is 0 Å². The van der Waals surface area contributed by atoms with Crippen LogP contribution < -0.4 is 0 Å². The lowest BCUT2D eigenvalue weighted by Crippen LogP contribution is -1.74. The first-order valence-electron chi connectivity index (χ1n) is 4.16. The first kappa shape index (κ1) is 10.3. The summed E-state index contributed by atoms with van der Waals surface area (Å²) in [5.41, 5.74) is 0.794. The standard InChI is InChI=1S/C11H5BrFNS/c12-9-5-10(15-11(9)6-14)7-2-1-3-8(13)4-7/h1-5H. The second-order valence-electron chi connectivity index (χ2n) is 2.91. The number of hydrogen-bond donors (Lipinski definition) is 0. The summed E-state index contributed by atoms with van der Waals surface area (Å²) in [7, 11) is 0. The Morgan fingerprint density at radius 3 is 2.73 bits per heavy atom. The topological polar surface area (TPSA) is 23.8 Å². The molecule has 0 radical (unpaired) electrons. The van der Waals surface area contributed by atoms with Gasteiger partial charge in [0.25, 0.3) is 0 Å². The molecular formula is C11H5BrFNS. The molecule has 0 atom stereocenters. The average molecular weight is 282 g/mol. The second kappa shape index (κ2) is 4.13. The van der Waals surface area contributed by atoms with Crippen molar-refractivity contribution in [2.45, 2.75) is 0 Å². The third-order valence-electron chi connectivity index (χ3n) is 1.90. The van der Waals surface area contributed by atoms with Crippen LogP contribution in [0, 0.1) is 17.1 Å². The van der Waals surface area contributed by atoms with Crippen molar-refractivity contribution >= 4 is 27.3 Å². The van der Waals surface area contributed by atoms with Crippen molar-refractivity contribution in [1.29, 1.82) is 5.26 Å². The van der Waals surface area contributed by atoms with Gasteiger partial charge in [0.15, 0.2) is 0 Å². The molecule has 2 rings (SSSR count). The fourth-order valence-corrected chi connectivity index (χ4v) is 2.78. The Morgan fingerprint density at radius 2 is 2.13 bits per heavy atom. The van der Waals surface area contributed by atoms with E-state index in [4.69, 9.17) is 5.26 Å². The monoisotopic (exact) mass is 281 g/mol. The second-order valence-corrected chi connectivity index (χ2v) is 4.82. The summed E-state index contributed by atoms with van der Waals surface area (Å²) in [4.78, 5) is 1.49. The largest absolute Gasteiger partial charge is 0.207 e. The summed E-state index contributed by atoms with van der Waals surface area (Å²) >= 11 is 4.63. The minimum Gasteiger partial charge on any atom is -0.207 e. The Labute approximate surface area is 98.9 Å². The highest BCUT2D eigenvalue weighted by atomic mass is 79.9. The molecule has 74 valence electrons. The fourth-order valence-electron chi connectivity index (χ4n) is 1.23. The van der Waals surface area contributed by atoms with E-state index in [1.54, 1.807) is 6.07 Å². The van der Waals surface area contributed by atoms with E-state index in [0.29, 0.717) is 4.88 Å². The lowest BCUT2D eigenvalue weighted by molar-refractivity contribution is 0.628. The van der Waals surface area contributed by atoms with Gasteiger partial charge in [-0.25, -0.2) is 4.39 Å².